The number of hydrogen-bond acceptors (Lipinski definition) is 5. The Labute approximate surface area is 167 Å². The summed E-state index contributed by atoms with van der Waals surface area (Å²) in [5.41, 5.74) is 1.02. The molecular formula is C21H32N2O5. The van der Waals surface area contributed by atoms with E-state index < -0.39 is 11.7 Å². The molecule has 7 heteroatoms. The van der Waals surface area contributed by atoms with Gasteiger partial charge in [0.1, 0.15) is 5.60 Å². The molecule has 28 heavy (non-hydrogen) atoms. The Morgan fingerprint density at radius 2 is 1.68 bits per heavy atom. The van der Waals surface area contributed by atoms with Crippen molar-refractivity contribution in [3.05, 3.63) is 29.8 Å². The maximum absolute atomic E-state index is 12.1. The first-order valence-corrected chi connectivity index (χ1v) is 9.62. The zero-order valence-electron chi connectivity index (χ0n) is 17.3. The SMILES string of the molecule is COC(=O)CCCCCCC(=O)Nc1cccc(CNC(=O)OC(C)(C)C)c1. The van der Waals surface area contributed by atoms with Gasteiger partial charge in [-0.3, -0.25) is 9.59 Å². The van der Waals surface area contributed by atoms with Crippen LogP contribution in [0.1, 0.15) is 64.9 Å². The number of carbonyl (C=O) groups is 3. The third-order valence-electron chi connectivity index (χ3n) is 3.81. The Balaban J connectivity index is 2.30. The largest absolute Gasteiger partial charge is 0.469 e. The molecule has 1 aromatic carbocycles. The normalized spacial score (nSPS) is 10.9. The molecule has 0 bridgehead atoms. The van der Waals surface area contributed by atoms with Crippen LogP contribution in [0.5, 0.6) is 0 Å². The van der Waals surface area contributed by atoms with Crippen molar-refractivity contribution in [1.29, 1.82) is 0 Å². The average Bonchev–Trinajstić information content (AvgIpc) is 2.61. The van der Waals surface area contributed by atoms with E-state index >= 15 is 0 Å². The van der Waals surface area contributed by atoms with E-state index in [2.05, 4.69) is 15.4 Å². The summed E-state index contributed by atoms with van der Waals surface area (Å²) in [5.74, 6) is -0.246. The van der Waals surface area contributed by atoms with E-state index in [1.807, 2.05) is 45.0 Å². The van der Waals surface area contributed by atoms with Gasteiger partial charge in [0.05, 0.1) is 7.11 Å². The first kappa shape index (κ1) is 23.5. The highest BCUT2D eigenvalue weighted by atomic mass is 16.6. The quantitative estimate of drug-likeness (QED) is 0.460. The second-order valence-electron chi connectivity index (χ2n) is 7.59. The van der Waals surface area contributed by atoms with E-state index in [0.29, 0.717) is 25.1 Å². The van der Waals surface area contributed by atoms with Crippen molar-refractivity contribution < 1.29 is 23.9 Å². The number of ether oxygens (including phenoxy) is 2. The molecule has 0 aliphatic carbocycles. The van der Waals surface area contributed by atoms with Crippen molar-refractivity contribution >= 4 is 23.7 Å². The standard InChI is InChI=1S/C21H32N2O5/c1-21(2,3)28-20(26)22-15-16-10-9-11-17(14-16)23-18(24)12-7-5-6-8-13-19(25)27-4/h9-11,14H,5-8,12-13,15H2,1-4H3,(H,22,26)(H,23,24). The van der Waals surface area contributed by atoms with Gasteiger partial charge in [0.25, 0.3) is 0 Å². The number of esters is 1. The fraction of sp³-hybridized carbons (Fsp3) is 0.571. The highest BCUT2D eigenvalue weighted by molar-refractivity contribution is 5.90. The Morgan fingerprint density at radius 3 is 2.32 bits per heavy atom. The molecule has 1 rings (SSSR count). The van der Waals surface area contributed by atoms with Crippen LogP contribution >= 0.6 is 0 Å². The molecule has 0 heterocycles. The fourth-order valence-electron chi connectivity index (χ4n) is 2.48. The number of amides is 2. The van der Waals surface area contributed by atoms with Gasteiger partial charge in [-0.15, -0.1) is 0 Å². The molecule has 0 unspecified atom stereocenters. The van der Waals surface area contributed by atoms with Crippen LogP contribution in [0.4, 0.5) is 10.5 Å². The molecule has 0 aliphatic rings. The van der Waals surface area contributed by atoms with E-state index in [9.17, 15) is 14.4 Å². The van der Waals surface area contributed by atoms with Crippen molar-refractivity contribution in [2.75, 3.05) is 12.4 Å². The number of unbranched alkanes of at least 4 members (excludes halogenated alkanes) is 3. The smallest absolute Gasteiger partial charge is 0.407 e. The summed E-state index contributed by atoms with van der Waals surface area (Å²) in [7, 11) is 1.38. The Bertz CT molecular complexity index is 652. The molecule has 0 fully saturated rings. The number of nitrogens with one attached hydrogen (secondary N) is 2. The minimum atomic E-state index is -0.542. The van der Waals surface area contributed by atoms with Gasteiger partial charge in [-0.2, -0.15) is 0 Å². The molecule has 1 aromatic rings. The fourth-order valence-corrected chi connectivity index (χ4v) is 2.48. The maximum Gasteiger partial charge on any atom is 0.407 e. The lowest BCUT2D eigenvalue weighted by atomic mass is 10.1. The van der Waals surface area contributed by atoms with Crippen LogP contribution < -0.4 is 10.6 Å². The third kappa shape index (κ3) is 11.2. The van der Waals surface area contributed by atoms with E-state index in [-0.39, 0.29) is 11.9 Å². The lowest BCUT2D eigenvalue weighted by molar-refractivity contribution is -0.140. The third-order valence-corrected chi connectivity index (χ3v) is 3.81. The zero-order valence-corrected chi connectivity index (χ0v) is 17.3. The molecule has 2 amide bonds. The van der Waals surface area contributed by atoms with Crippen LogP contribution in [0.3, 0.4) is 0 Å². The molecule has 2 N–H and O–H groups in total. The number of hydrogen-bond donors (Lipinski definition) is 2. The van der Waals surface area contributed by atoms with Gasteiger partial charge in [0, 0.05) is 25.1 Å². The highest BCUT2D eigenvalue weighted by Crippen LogP contribution is 2.13. The van der Waals surface area contributed by atoms with Crippen LogP contribution in [0.25, 0.3) is 0 Å². The summed E-state index contributed by atoms with van der Waals surface area (Å²) < 4.78 is 9.79. The number of methoxy groups -OCH3 is 1. The molecule has 0 saturated heterocycles. The average molecular weight is 392 g/mol. The van der Waals surface area contributed by atoms with Gasteiger partial charge < -0.3 is 20.1 Å². The Hall–Kier alpha value is -2.57. The molecule has 0 aromatic heterocycles. The van der Waals surface area contributed by atoms with Gasteiger partial charge in [0.15, 0.2) is 0 Å². The van der Waals surface area contributed by atoms with E-state index in [4.69, 9.17) is 4.74 Å². The number of rotatable bonds is 10. The molecule has 0 atom stereocenters. The van der Waals surface area contributed by atoms with E-state index in [1.165, 1.54) is 7.11 Å². The first-order chi connectivity index (χ1) is 13.2. The summed E-state index contributed by atoms with van der Waals surface area (Å²) in [6, 6.07) is 7.33. The molecule has 0 aliphatic heterocycles. The Kier molecular flexibility index (Phi) is 10.1. The van der Waals surface area contributed by atoms with Crippen LogP contribution in [0.2, 0.25) is 0 Å². The lowest BCUT2D eigenvalue weighted by Crippen LogP contribution is -2.32. The topological polar surface area (TPSA) is 93.7 Å². The number of carbonyl (C=O) groups excluding carboxylic acids is 3. The summed E-state index contributed by atoms with van der Waals surface area (Å²) >= 11 is 0. The van der Waals surface area contributed by atoms with Crippen LogP contribution in [0.15, 0.2) is 24.3 Å². The van der Waals surface area contributed by atoms with E-state index in [0.717, 1.165) is 31.2 Å². The second kappa shape index (κ2) is 12.0. The van der Waals surface area contributed by atoms with Gasteiger partial charge in [-0.1, -0.05) is 25.0 Å². The second-order valence-corrected chi connectivity index (χ2v) is 7.59. The first-order valence-electron chi connectivity index (χ1n) is 9.62. The summed E-state index contributed by atoms with van der Waals surface area (Å²) in [6.07, 6.45) is 3.71. The predicted octanol–water partition coefficient (Wildman–Crippen LogP) is 4.16. The molecule has 0 saturated carbocycles. The maximum atomic E-state index is 12.1. The monoisotopic (exact) mass is 392 g/mol. The van der Waals surface area contributed by atoms with Gasteiger partial charge in [-0.05, 0) is 51.3 Å². The van der Waals surface area contributed by atoms with Crippen molar-refractivity contribution in [3.8, 4) is 0 Å². The number of anilines is 1. The Morgan fingerprint density at radius 1 is 1.00 bits per heavy atom. The summed E-state index contributed by atoms with van der Waals surface area (Å²) in [5, 5.41) is 5.56. The molecule has 156 valence electrons. The number of alkyl carbamates (subject to hydrolysis) is 1. The van der Waals surface area contributed by atoms with Gasteiger partial charge in [0.2, 0.25) is 5.91 Å². The van der Waals surface area contributed by atoms with E-state index in [1.54, 1.807) is 0 Å². The summed E-state index contributed by atoms with van der Waals surface area (Å²) in [4.78, 5) is 34.8. The minimum absolute atomic E-state index is 0.0507. The zero-order chi connectivity index (χ0) is 21.0. The summed E-state index contributed by atoms with van der Waals surface area (Å²) in [6.45, 7) is 5.74. The molecular weight excluding hydrogens is 360 g/mol. The lowest BCUT2D eigenvalue weighted by Gasteiger charge is -2.19. The number of benzene rings is 1. The molecule has 0 spiro atoms. The van der Waals surface area contributed by atoms with Crippen molar-refractivity contribution in [2.24, 2.45) is 0 Å². The van der Waals surface area contributed by atoms with Gasteiger partial charge in [-0.25, -0.2) is 4.79 Å². The van der Waals surface area contributed by atoms with Gasteiger partial charge >= 0.3 is 12.1 Å². The van der Waals surface area contributed by atoms with Crippen LogP contribution in [0, 0.1) is 0 Å². The van der Waals surface area contributed by atoms with Crippen LogP contribution in [-0.2, 0) is 25.6 Å². The predicted molar refractivity (Wildman–Crippen MR) is 108 cm³/mol. The van der Waals surface area contributed by atoms with Crippen molar-refractivity contribution in [2.45, 2.75) is 71.4 Å². The van der Waals surface area contributed by atoms with Crippen molar-refractivity contribution in [3.63, 3.8) is 0 Å². The highest BCUT2D eigenvalue weighted by Gasteiger charge is 2.15. The van der Waals surface area contributed by atoms with Crippen molar-refractivity contribution in [1.82, 2.24) is 5.32 Å². The minimum Gasteiger partial charge on any atom is -0.469 e. The molecule has 0 radical (unpaired) electrons. The molecule has 7 nitrogen and oxygen atoms in total. The van der Waals surface area contributed by atoms with Crippen LogP contribution in [-0.4, -0.2) is 30.7 Å².